The second kappa shape index (κ2) is 9.28. The first-order valence-corrected chi connectivity index (χ1v) is 11.6. The van der Waals surface area contributed by atoms with Gasteiger partial charge in [-0.3, -0.25) is 4.79 Å². The first kappa shape index (κ1) is 22.7. The van der Waals surface area contributed by atoms with Gasteiger partial charge >= 0.3 is 0 Å². The van der Waals surface area contributed by atoms with Gasteiger partial charge in [0.2, 0.25) is 11.8 Å². The summed E-state index contributed by atoms with van der Waals surface area (Å²) in [4.78, 5) is 17.1. The highest BCUT2D eigenvalue weighted by Gasteiger charge is 2.11. The van der Waals surface area contributed by atoms with Gasteiger partial charge < -0.3 is 14.2 Å². The van der Waals surface area contributed by atoms with E-state index in [4.69, 9.17) is 20.4 Å². The molecule has 0 aliphatic heterocycles. The highest BCUT2D eigenvalue weighted by molar-refractivity contribution is 6.31. The molecule has 0 atom stereocenters. The molecule has 5 aromatic rings. The zero-order valence-electron chi connectivity index (χ0n) is 19.6. The molecule has 0 fully saturated rings. The lowest BCUT2D eigenvalue weighted by molar-refractivity contribution is -0.111. The summed E-state index contributed by atoms with van der Waals surface area (Å²) in [6.07, 6.45) is 3.06. The van der Waals surface area contributed by atoms with Crippen molar-refractivity contribution in [2.75, 3.05) is 5.32 Å². The summed E-state index contributed by atoms with van der Waals surface area (Å²) >= 11 is 6.22. The molecule has 5 rings (SSSR count). The maximum atomic E-state index is 12.5. The molecule has 3 aromatic carbocycles. The van der Waals surface area contributed by atoms with E-state index in [9.17, 15) is 4.79 Å². The van der Waals surface area contributed by atoms with Crippen LogP contribution in [0.2, 0.25) is 5.02 Å². The lowest BCUT2D eigenvalue weighted by atomic mass is 10.1. The van der Waals surface area contributed by atoms with Crippen molar-refractivity contribution in [1.82, 2.24) is 4.98 Å². The average molecular weight is 483 g/mol. The van der Waals surface area contributed by atoms with Gasteiger partial charge in [0.15, 0.2) is 5.58 Å². The van der Waals surface area contributed by atoms with Crippen LogP contribution in [0.15, 0.2) is 81.6 Å². The Morgan fingerprint density at radius 3 is 2.54 bits per heavy atom. The number of rotatable bonds is 5. The zero-order valence-corrected chi connectivity index (χ0v) is 20.3. The number of oxazole rings is 1. The molecule has 5 nitrogen and oxygen atoms in total. The number of aromatic nitrogens is 1. The third-order valence-electron chi connectivity index (χ3n) is 5.86. The Morgan fingerprint density at radius 1 is 0.886 bits per heavy atom. The van der Waals surface area contributed by atoms with Gasteiger partial charge in [0.1, 0.15) is 17.0 Å². The standard InChI is InChI=1S/C29H23ClN2O3/c1-17-7-8-20(16-24(17)30)26-11-9-23(34-26)10-12-28(33)31-22-6-4-5-21(15-22)29-32-25-13-18(2)19(3)14-27(25)35-29/h4-16H,1-3H3,(H,31,33)/b12-10+. The Kier molecular flexibility index (Phi) is 6.01. The highest BCUT2D eigenvalue weighted by Crippen LogP contribution is 2.29. The Bertz CT molecular complexity index is 1550. The van der Waals surface area contributed by atoms with E-state index in [1.165, 1.54) is 6.08 Å². The highest BCUT2D eigenvalue weighted by atomic mass is 35.5. The number of fused-ring (bicyclic) bond motifs is 1. The van der Waals surface area contributed by atoms with Crippen LogP contribution in [-0.4, -0.2) is 10.9 Å². The summed E-state index contributed by atoms with van der Waals surface area (Å²) in [5, 5.41) is 3.55. The first-order chi connectivity index (χ1) is 16.9. The third kappa shape index (κ3) is 4.91. The van der Waals surface area contributed by atoms with Crippen LogP contribution in [0.25, 0.3) is 40.0 Å². The number of benzene rings is 3. The maximum Gasteiger partial charge on any atom is 0.248 e. The topological polar surface area (TPSA) is 68.3 Å². The van der Waals surface area contributed by atoms with Gasteiger partial charge in [-0.05, 0) is 92.1 Å². The Morgan fingerprint density at radius 2 is 1.71 bits per heavy atom. The lowest BCUT2D eigenvalue weighted by Crippen LogP contribution is -2.07. The average Bonchev–Trinajstić information content (AvgIpc) is 3.47. The van der Waals surface area contributed by atoms with Gasteiger partial charge in [-0.2, -0.15) is 0 Å². The molecule has 2 aromatic heterocycles. The first-order valence-electron chi connectivity index (χ1n) is 11.2. The van der Waals surface area contributed by atoms with E-state index >= 15 is 0 Å². The molecule has 2 heterocycles. The van der Waals surface area contributed by atoms with Crippen LogP contribution in [-0.2, 0) is 4.79 Å². The number of hydrogen-bond donors (Lipinski definition) is 1. The number of amides is 1. The van der Waals surface area contributed by atoms with Gasteiger partial charge in [-0.1, -0.05) is 29.8 Å². The predicted molar refractivity (Wildman–Crippen MR) is 140 cm³/mol. The van der Waals surface area contributed by atoms with Crippen LogP contribution in [0.1, 0.15) is 22.5 Å². The van der Waals surface area contributed by atoms with Crippen molar-refractivity contribution in [3.8, 4) is 22.8 Å². The minimum absolute atomic E-state index is 0.276. The molecule has 6 heteroatoms. The molecule has 0 aliphatic carbocycles. The van der Waals surface area contributed by atoms with Crippen molar-refractivity contribution in [3.05, 3.63) is 100 Å². The number of furan rings is 1. The Hall–Kier alpha value is -4.09. The quantitative estimate of drug-likeness (QED) is 0.258. The van der Waals surface area contributed by atoms with E-state index in [2.05, 4.69) is 17.2 Å². The predicted octanol–water partition coefficient (Wildman–Crippen LogP) is 7.99. The van der Waals surface area contributed by atoms with Crippen LogP contribution >= 0.6 is 11.6 Å². The number of carbonyl (C=O) groups excluding carboxylic acids is 1. The number of carbonyl (C=O) groups is 1. The smallest absolute Gasteiger partial charge is 0.248 e. The fourth-order valence-electron chi connectivity index (χ4n) is 3.72. The van der Waals surface area contributed by atoms with Crippen molar-refractivity contribution in [2.24, 2.45) is 0 Å². The van der Waals surface area contributed by atoms with Crippen molar-refractivity contribution in [2.45, 2.75) is 20.8 Å². The summed E-state index contributed by atoms with van der Waals surface area (Å²) < 4.78 is 11.8. The summed E-state index contributed by atoms with van der Waals surface area (Å²) in [5.41, 5.74) is 7.18. The molecule has 35 heavy (non-hydrogen) atoms. The van der Waals surface area contributed by atoms with E-state index in [0.717, 1.165) is 38.9 Å². The van der Waals surface area contributed by atoms with E-state index < -0.39 is 0 Å². The lowest BCUT2D eigenvalue weighted by Gasteiger charge is -2.03. The largest absolute Gasteiger partial charge is 0.457 e. The number of hydrogen-bond acceptors (Lipinski definition) is 4. The molecule has 0 bridgehead atoms. The molecule has 0 aliphatic rings. The molecule has 0 saturated carbocycles. The minimum Gasteiger partial charge on any atom is -0.457 e. The van der Waals surface area contributed by atoms with Gasteiger partial charge in [0, 0.05) is 27.9 Å². The van der Waals surface area contributed by atoms with Crippen molar-refractivity contribution >= 4 is 40.4 Å². The maximum absolute atomic E-state index is 12.5. The van der Waals surface area contributed by atoms with E-state index in [1.54, 1.807) is 6.08 Å². The second-order valence-corrected chi connectivity index (χ2v) is 8.90. The van der Waals surface area contributed by atoms with Crippen LogP contribution < -0.4 is 5.32 Å². The van der Waals surface area contributed by atoms with E-state index in [-0.39, 0.29) is 5.91 Å². The Labute approximate surface area is 208 Å². The van der Waals surface area contributed by atoms with Gasteiger partial charge in [-0.15, -0.1) is 0 Å². The van der Waals surface area contributed by atoms with Crippen molar-refractivity contribution in [3.63, 3.8) is 0 Å². The normalized spacial score (nSPS) is 11.4. The van der Waals surface area contributed by atoms with E-state index in [1.807, 2.05) is 80.6 Å². The molecule has 1 amide bonds. The number of anilines is 1. The molecule has 174 valence electrons. The SMILES string of the molecule is Cc1cc2nc(-c3cccc(NC(=O)/C=C/c4ccc(-c5ccc(C)c(Cl)c5)o4)c3)oc2cc1C. The molecular formula is C29H23ClN2O3. The number of halogens is 1. The summed E-state index contributed by atoms with van der Waals surface area (Å²) in [6.45, 7) is 6.04. The van der Waals surface area contributed by atoms with Crippen LogP contribution in [0, 0.1) is 20.8 Å². The number of nitrogens with one attached hydrogen (secondary N) is 1. The van der Waals surface area contributed by atoms with Gasteiger partial charge in [0.25, 0.3) is 0 Å². The molecule has 1 N–H and O–H groups in total. The summed E-state index contributed by atoms with van der Waals surface area (Å²) in [6, 6.07) is 20.8. The third-order valence-corrected chi connectivity index (χ3v) is 6.27. The molecular weight excluding hydrogens is 460 g/mol. The number of nitrogens with zero attached hydrogens (tertiary/aromatic N) is 1. The van der Waals surface area contributed by atoms with E-state index in [0.29, 0.717) is 28.1 Å². The second-order valence-electron chi connectivity index (χ2n) is 8.49. The Balaban J connectivity index is 1.29. The monoisotopic (exact) mass is 482 g/mol. The molecule has 0 radical (unpaired) electrons. The number of aryl methyl sites for hydroxylation is 3. The fourth-order valence-corrected chi connectivity index (χ4v) is 3.90. The van der Waals surface area contributed by atoms with Gasteiger partial charge in [-0.25, -0.2) is 4.98 Å². The van der Waals surface area contributed by atoms with Crippen LogP contribution in [0.3, 0.4) is 0 Å². The van der Waals surface area contributed by atoms with Crippen LogP contribution in [0.5, 0.6) is 0 Å². The van der Waals surface area contributed by atoms with Gasteiger partial charge in [0.05, 0.1) is 0 Å². The minimum atomic E-state index is -0.276. The van der Waals surface area contributed by atoms with Crippen LogP contribution in [0.4, 0.5) is 5.69 Å². The molecule has 0 unspecified atom stereocenters. The molecule has 0 spiro atoms. The fraction of sp³-hybridized carbons (Fsp3) is 0.103. The summed E-state index contributed by atoms with van der Waals surface area (Å²) in [7, 11) is 0. The van der Waals surface area contributed by atoms with Crippen molar-refractivity contribution < 1.29 is 13.6 Å². The zero-order chi connectivity index (χ0) is 24.5. The summed E-state index contributed by atoms with van der Waals surface area (Å²) in [5.74, 6) is 1.49. The molecule has 0 saturated heterocycles. The van der Waals surface area contributed by atoms with Crippen molar-refractivity contribution in [1.29, 1.82) is 0 Å².